The Hall–Kier alpha value is -1.16. The summed E-state index contributed by atoms with van der Waals surface area (Å²) in [7, 11) is 1.32. The highest BCUT2D eigenvalue weighted by Gasteiger charge is 2.30. The SMILES string of the molecule is COc1c(CO)cc(C)cc1C(C)(F)F. The summed E-state index contributed by atoms with van der Waals surface area (Å²) in [6, 6.07) is 3.01. The molecule has 1 aromatic carbocycles. The van der Waals surface area contributed by atoms with Crippen LogP contribution >= 0.6 is 0 Å². The highest BCUT2D eigenvalue weighted by atomic mass is 19.3. The molecule has 0 heterocycles. The normalized spacial score (nSPS) is 11.6. The van der Waals surface area contributed by atoms with Gasteiger partial charge >= 0.3 is 0 Å². The summed E-state index contributed by atoms with van der Waals surface area (Å²) < 4.78 is 31.4. The van der Waals surface area contributed by atoms with Crippen molar-refractivity contribution in [1.82, 2.24) is 0 Å². The number of rotatable bonds is 3. The molecule has 0 aromatic heterocycles. The predicted molar refractivity (Wildman–Crippen MR) is 53.2 cm³/mol. The monoisotopic (exact) mass is 216 g/mol. The number of methoxy groups -OCH3 is 1. The quantitative estimate of drug-likeness (QED) is 0.841. The van der Waals surface area contributed by atoms with E-state index in [0.717, 1.165) is 6.92 Å². The van der Waals surface area contributed by atoms with E-state index in [4.69, 9.17) is 9.84 Å². The minimum absolute atomic E-state index is 0.0654. The van der Waals surface area contributed by atoms with Crippen LogP contribution < -0.4 is 4.74 Å². The molecule has 0 saturated heterocycles. The van der Waals surface area contributed by atoms with E-state index in [1.807, 2.05) is 0 Å². The third-order valence-corrected chi connectivity index (χ3v) is 2.16. The lowest BCUT2D eigenvalue weighted by molar-refractivity contribution is 0.0147. The Bertz CT molecular complexity index is 356. The number of aryl methyl sites for hydroxylation is 1. The molecule has 0 aliphatic heterocycles. The first-order valence-corrected chi connectivity index (χ1v) is 4.56. The molecule has 0 bridgehead atoms. The second-order valence-corrected chi connectivity index (χ2v) is 3.55. The Balaban J connectivity index is 3.42. The van der Waals surface area contributed by atoms with E-state index in [9.17, 15) is 8.78 Å². The molecule has 0 saturated carbocycles. The van der Waals surface area contributed by atoms with Crippen molar-refractivity contribution in [3.8, 4) is 5.75 Å². The van der Waals surface area contributed by atoms with Crippen LogP contribution in [0.3, 0.4) is 0 Å². The van der Waals surface area contributed by atoms with Crippen LogP contribution in [0.2, 0.25) is 0 Å². The zero-order valence-corrected chi connectivity index (χ0v) is 8.97. The molecule has 0 spiro atoms. The van der Waals surface area contributed by atoms with Crippen molar-refractivity contribution in [2.75, 3.05) is 7.11 Å². The number of benzene rings is 1. The van der Waals surface area contributed by atoms with Crippen LogP contribution in [0.15, 0.2) is 12.1 Å². The fraction of sp³-hybridized carbons (Fsp3) is 0.455. The lowest BCUT2D eigenvalue weighted by Gasteiger charge is -2.18. The zero-order valence-electron chi connectivity index (χ0n) is 8.97. The van der Waals surface area contributed by atoms with E-state index in [-0.39, 0.29) is 17.9 Å². The minimum Gasteiger partial charge on any atom is -0.496 e. The maximum atomic E-state index is 13.2. The highest BCUT2D eigenvalue weighted by molar-refractivity contribution is 5.46. The van der Waals surface area contributed by atoms with Gasteiger partial charge in [0.25, 0.3) is 5.92 Å². The Morgan fingerprint density at radius 3 is 2.40 bits per heavy atom. The first-order chi connectivity index (χ1) is 6.90. The Labute approximate surface area is 87.5 Å². The largest absolute Gasteiger partial charge is 0.496 e. The van der Waals surface area contributed by atoms with E-state index in [1.165, 1.54) is 13.2 Å². The number of hydrogen-bond acceptors (Lipinski definition) is 2. The summed E-state index contributed by atoms with van der Waals surface area (Å²) in [5.41, 5.74) is 0.874. The van der Waals surface area contributed by atoms with E-state index in [1.54, 1.807) is 13.0 Å². The lowest BCUT2D eigenvalue weighted by atomic mass is 10.0. The standard InChI is InChI=1S/C11H14F2O2/c1-7-4-8(6-14)10(15-3)9(5-7)11(2,12)13/h4-5,14H,6H2,1-3H3. The van der Waals surface area contributed by atoms with Crippen LogP contribution in [0.25, 0.3) is 0 Å². The average molecular weight is 216 g/mol. The second kappa shape index (κ2) is 4.14. The summed E-state index contributed by atoms with van der Waals surface area (Å²) in [5, 5.41) is 9.04. The Kier molecular flexibility index (Phi) is 3.29. The van der Waals surface area contributed by atoms with Gasteiger partial charge in [-0.1, -0.05) is 11.6 Å². The van der Waals surface area contributed by atoms with Crippen molar-refractivity contribution in [1.29, 1.82) is 0 Å². The first kappa shape index (κ1) is 11.9. The third kappa shape index (κ3) is 2.45. The summed E-state index contributed by atoms with van der Waals surface area (Å²) in [4.78, 5) is 0. The van der Waals surface area contributed by atoms with E-state index in [2.05, 4.69) is 0 Å². The van der Waals surface area contributed by atoms with Gasteiger partial charge in [0.1, 0.15) is 5.75 Å². The summed E-state index contributed by atoms with van der Waals surface area (Å²) >= 11 is 0. The molecule has 2 nitrogen and oxygen atoms in total. The van der Waals surface area contributed by atoms with Crippen LogP contribution in [0.5, 0.6) is 5.75 Å². The number of hydrogen-bond donors (Lipinski definition) is 1. The second-order valence-electron chi connectivity index (χ2n) is 3.55. The van der Waals surface area contributed by atoms with Gasteiger partial charge in [0, 0.05) is 12.5 Å². The first-order valence-electron chi connectivity index (χ1n) is 4.56. The van der Waals surface area contributed by atoms with Crippen molar-refractivity contribution < 1.29 is 18.6 Å². The van der Waals surface area contributed by atoms with Gasteiger partial charge in [0.2, 0.25) is 0 Å². The molecular weight excluding hydrogens is 202 g/mol. The van der Waals surface area contributed by atoms with Gasteiger partial charge < -0.3 is 9.84 Å². The Morgan fingerprint density at radius 2 is 2.00 bits per heavy atom. The molecule has 0 radical (unpaired) electrons. The van der Waals surface area contributed by atoms with Gasteiger partial charge in [-0.2, -0.15) is 0 Å². The molecule has 0 aliphatic carbocycles. The van der Waals surface area contributed by atoms with E-state index < -0.39 is 5.92 Å². The van der Waals surface area contributed by atoms with Crippen LogP contribution in [-0.4, -0.2) is 12.2 Å². The molecule has 84 valence electrons. The molecule has 1 rings (SSSR count). The van der Waals surface area contributed by atoms with Gasteiger partial charge in [-0.15, -0.1) is 0 Å². The molecule has 1 N–H and O–H groups in total. The van der Waals surface area contributed by atoms with Crippen molar-refractivity contribution in [2.24, 2.45) is 0 Å². The third-order valence-electron chi connectivity index (χ3n) is 2.16. The molecule has 0 amide bonds. The van der Waals surface area contributed by atoms with Gasteiger partial charge in [0.15, 0.2) is 0 Å². The van der Waals surface area contributed by atoms with Crippen LogP contribution in [0.1, 0.15) is 23.6 Å². The topological polar surface area (TPSA) is 29.5 Å². The van der Waals surface area contributed by atoms with Crippen molar-refractivity contribution in [3.05, 3.63) is 28.8 Å². The predicted octanol–water partition coefficient (Wildman–Crippen LogP) is 2.61. The van der Waals surface area contributed by atoms with E-state index >= 15 is 0 Å². The average Bonchev–Trinajstić information content (AvgIpc) is 2.15. The highest BCUT2D eigenvalue weighted by Crippen LogP contribution is 2.37. The molecule has 0 atom stereocenters. The van der Waals surface area contributed by atoms with Crippen molar-refractivity contribution in [2.45, 2.75) is 26.4 Å². The molecule has 1 aromatic rings. The number of ether oxygens (including phenoxy) is 1. The number of alkyl halides is 2. The Morgan fingerprint density at radius 1 is 1.40 bits per heavy atom. The number of aliphatic hydroxyl groups is 1. The van der Waals surface area contributed by atoms with Crippen molar-refractivity contribution >= 4 is 0 Å². The van der Waals surface area contributed by atoms with Gasteiger partial charge in [-0.3, -0.25) is 0 Å². The van der Waals surface area contributed by atoms with Crippen molar-refractivity contribution in [3.63, 3.8) is 0 Å². The summed E-state index contributed by atoms with van der Waals surface area (Å²) in [6.07, 6.45) is 0. The fourth-order valence-electron chi connectivity index (χ4n) is 1.53. The van der Waals surface area contributed by atoms with E-state index in [0.29, 0.717) is 11.1 Å². The molecule has 0 fully saturated rings. The smallest absolute Gasteiger partial charge is 0.274 e. The zero-order chi connectivity index (χ0) is 11.6. The molecule has 15 heavy (non-hydrogen) atoms. The van der Waals surface area contributed by atoms with Gasteiger partial charge in [-0.05, 0) is 13.0 Å². The number of aliphatic hydroxyl groups excluding tert-OH is 1. The maximum Gasteiger partial charge on any atom is 0.274 e. The molecule has 0 unspecified atom stereocenters. The van der Waals surface area contributed by atoms with Crippen LogP contribution in [0, 0.1) is 6.92 Å². The number of halogens is 2. The fourth-order valence-corrected chi connectivity index (χ4v) is 1.53. The summed E-state index contributed by atoms with van der Waals surface area (Å²) in [5.74, 6) is -2.91. The van der Waals surface area contributed by atoms with Crippen LogP contribution in [0.4, 0.5) is 8.78 Å². The summed E-state index contributed by atoms with van der Waals surface area (Å²) in [6.45, 7) is 2.20. The minimum atomic E-state index is -2.97. The molecular formula is C11H14F2O2. The maximum absolute atomic E-state index is 13.2. The molecule has 4 heteroatoms. The van der Waals surface area contributed by atoms with Crippen LogP contribution in [-0.2, 0) is 12.5 Å². The van der Waals surface area contributed by atoms with Gasteiger partial charge in [-0.25, -0.2) is 8.78 Å². The molecule has 0 aliphatic rings. The van der Waals surface area contributed by atoms with Gasteiger partial charge in [0.05, 0.1) is 19.3 Å². The lowest BCUT2D eigenvalue weighted by Crippen LogP contribution is -2.11.